The second-order valence-corrected chi connectivity index (χ2v) is 9.42. The van der Waals surface area contributed by atoms with Crippen LogP contribution in [0.5, 0.6) is 5.75 Å². The number of hydrogen-bond donors (Lipinski definition) is 1. The van der Waals surface area contributed by atoms with Crippen LogP contribution in [0.1, 0.15) is 47.1 Å². The SMILES string of the molecule is [B]C([B])(F)c1cc(CN2CCCC[C@H]2C(=O)O)c(OC)cc1/C=C/c1cccc(-c2ccccc2)c1C#N. The molecule has 4 radical (unpaired) electrons. The first-order valence-electron chi connectivity index (χ1n) is 12.4. The van der Waals surface area contributed by atoms with E-state index >= 15 is 4.39 Å². The van der Waals surface area contributed by atoms with Gasteiger partial charge in [-0.3, -0.25) is 14.1 Å². The summed E-state index contributed by atoms with van der Waals surface area (Å²) in [6, 6.07) is 20.0. The van der Waals surface area contributed by atoms with Crippen LogP contribution in [0.3, 0.4) is 0 Å². The number of piperidine rings is 1. The first-order valence-corrected chi connectivity index (χ1v) is 12.4. The third-order valence-electron chi connectivity index (χ3n) is 6.87. The molecule has 38 heavy (non-hydrogen) atoms. The summed E-state index contributed by atoms with van der Waals surface area (Å²) in [5, 5.41) is 19.6. The molecule has 1 atom stereocenters. The minimum Gasteiger partial charge on any atom is -0.496 e. The molecule has 188 valence electrons. The number of methoxy groups -OCH3 is 1. The van der Waals surface area contributed by atoms with Crippen LogP contribution in [0.2, 0.25) is 0 Å². The highest BCUT2D eigenvalue weighted by Crippen LogP contribution is 2.34. The van der Waals surface area contributed by atoms with E-state index in [-0.39, 0.29) is 12.1 Å². The number of rotatable bonds is 8. The van der Waals surface area contributed by atoms with Gasteiger partial charge < -0.3 is 9.84 Å². The number of ether oxygens (including phenoxy) is 1. The average molecular weight is 504 g/mol. The monoisotopic (exact) mass is 504 g/mol. The van der Waals surface area contributed by atoms with Crippen molar-refractivity contribution < 1.29 is 19.0 Å². The van der Waals surface area contributed by atoms with Gasteiger partial charge in [0.25, 0.3) is 0 Å². The Balaban J connectivity index is 1.74. The zero-order valence-corrected chi connectivity index (χ0v) is 21.2. The van der Waals surface area contributed by atoms with E-state index in [4.69, 9.17) is 20.4 Å². The normalized spacial score (nSPS) is 16.3. The number of benzene rings is 3. The second-order valence-electron chi connectivity index (χ2n) is 9.42. The number of likely N-dealkylation sites (tertiary alicyclic amines) is 1. The van der Waals surface area contributed by atoms with Crippen molar-refractivity contribution in [3.8, 4) is 22.9 Å². The molecule has 3 aromatic rings. The molecule has 8 heteroatoms. The van der Waals surface area contributed by atoms with E-state index in [1.807, 2.05) is 53.4 Å². The van der Waals surface area contributed by atoms with Gasteiger partial charge in [-0.2, -0.15) is 5.26 Å². The summed E-state index contributed by atoms with van der Waals surface area (Å²) in [5.74, 6) is -0.419. The highest BCUT2D eigenvalue weighted by Gasteiger charge is 2.30. The summed E-state index contributed by atoms with van der Waals surface area (Å²) in [7, 11) is 13.0. The van der Waals surface area contributed by atoms with E-state index in [1.165, 1.54) is 13.2 Å². The third kappa shape index (κ3) is 6.00. The van der Waals surface area contributed by atoms with Crippen molar-refractivity contribution in [1.82, 2.24) is 4.90 Å². The first-order chi connectivity index (χ1) is 18.2. The van der Waals surface area contributed by atoms with E-state index in [1.54, 1.807) is 18.2 Å². The number of carbonyl (C=O) groups is 1. The summed E-state index contributed by atoms with van der Waals surface area (Å²) in [5.41, 5.74) is 1.20. The number of nitriles is 1. The lowest BCUT2D eigenvalue weighted by Gasteiger charge is -2.33. The molecule has 3 aromatic carbocycles. The van der Waals surface area contributed by atoms with Crippen molar-refractivity contribution in [1.29, 1.82) is 5.26 Å². The van der Waals surface area contributed by atoms with Crippen LogP contribution in [0.15, 0.2) is 60.7 Å². The van der Waals surface area contributed by atoms with E-state index in [0.29, 0.717) is 41.0 Å². The summed E-state index contributed by atoms with van der Waals surface area (Å²) in [6.07, 6.45) is 5.65. The zero-order chi connectivity index (χ0) is 27.3. The predicted molar refractivity (Wildman–Crippen MR) is 148 cm³/mol. The van der Waals surface area contributed by atoms with Gasteiger partial charge in [0.2, 0.25) is 0 Å². The van der Waals surface area contributed by atoms with Crippen LogP contribution in [0.25, 0.3) is 23.3 Å². The summed E-state index contributed by atoms with van der Waals surface area (Å²) in [4.78, 5) is 13.6. The predicted octanol–water partition coefficient (Wildman–Crippen LogP) is 5.26. The average Bonchev–Trinajstić information content (AvgIpc) is 2.91. The molecule has 0 spiro atoms. The number of hydrogen-bond acceptors (Lipinski definition) is 4. The van der Waals surface area contributed by atoms with Gasteiger partial charge in [0.05, 0.1) is 18.1 Å². The van der Waals surface area contributed by atoms with Gasteiger partial charge >= 0.3 is 5.97 Å². The Morgan fingerprint density at radius 3 is 2.55 bits per heavy atom. The lowest BCUT2D eigenvalue weighted by molar-refractivity contribution is -0.144. The highest BCUT2D eigenvalue weighted by atomic mass is 19.1. The fourth-order valence-corrected chi connectivity index (χ4v) is 4.97. The molecule has 0 unspecified atom stereocenters. The Morgan fingerprint density at radius 1 is 1.16 bits per heavy atom. The van der Waals surface area contributed by atoms with E-state index < -0.39 is 17.5 Å². The van der Waals surface area contributed by atoms with Crippen molar-refractivity contribution in [2.24, 2.45) is 0 Å². The number of nitrogens with zero attached hydrogens (tertiary/aromatic N) is 2. The maximum absolute atomic E-state index is 15.1. The van der Waals surface area contributed by atoms with E-state index in [0.717, 1.165) is 24.0 Å². The first kappa shape index (κ1) is 27.2. The van der Waals surface area contributed by atoms with Crippen molar-refractivity contribution in [2.75, 3.05) is 13.7 Å². The number of carboxylic acid groups (broad SMARTS) is 1. The molecule has 0 amide bonds. The maximum Gasteiger partial charge on any atom is 0.320 e. The van der Waals surface area contributed by atoms with Crippen molar-refractivity contribution >= 4 is 33.8 Å². The van der Waals surface area contributed by atoms with Crippen LogP contribution in [0, 0.1) is 11.3 Å². The molecule has 5 nitrogen and oxygen atoms in total. The molecule has 0 aromatic heterocycles. The molecule has 1 fully saturated rings. The van der Waals surface area contributed by atoms with E-state index in [9.17, 15) is 15.2 Å². The van der Waals surface area contributed by atoms with Crippen LogP contribution >= 0.6 is 0 Å². The number of alkyl halides is 1. The summed E-state index contributed by atoms with van der Waals surface area (Å²) < 4.78 is 20.7. The van der Waals surface area contributed by atoms with Gasteiger partial charge in [-0.1, -0.05) is 67.1 Å². The number of halogens is 1. The fourth-order valence-electron chi connectivity index (χ4n) is 4.97. The van der Waals surface area contributed by atoms with Crippen LogP contribution in [0.4, 0.5) is 4.39 Å². The fraction of sp³-hybridized carbons (Fsp3) is 0.267. The van der Waals surface area contributed by atoms with Gasteiger partial charge in [-0.15, -0.1) is 0 Å². The molecule has 0 saturated carbocycles. The van der Waals surface area contributed by atoms with E-state index in [2.05, 4.69) is 6.07 Å². The maximum atomic E-state index is 15.1. The molecular formula is C30H27B2FN2O3. The zero-order valence-electron chi connectivity index (χ0n) is 21.2. The molecule has 1 N–H and O–H groups in total. The molecule has 1 aliphatic rings. The smallest absolute Gasteiger partial charge is 0.320 e. The lowest BCUT2D eigenvalue weighted by atomic mass is 9.62. The van der Waals surface area contributed by atoms with Gasteiger partial charge in [-0.05, 0) is 53.8 Å². The highest BCUT2D eigenvalue weighted by molar-refractivity contribution is 6.39. The number of carboxylic acids is 1. The molecule has 1 saturated heterocycles. The van der Waals surface area contributed by atoms with Crippen LogP contribution in [-0.4, -0.2) is 51.4 Å². The Labute approximate surface area is 225 Å². The van der Waals surface area contributed by atoms with Crippen molar-refractivity contribution in [2.45, 2.75) is 37.3 Å². The molecule has 0 aliphatic carbocycles. The Morgan fingerprint density at radius 2 is 1.89 bits per heavy atom. The minimum absolute atomic E-state index is 0.0335. The molecular weight excluding hydrogens is 477 g/mol. The summed E-state index contributed by atoms with van der Waals surface area (Å²) in [6.45, 7) is 0.864. The largest absolute Gasteiger partial charge is 0.496 e. The molecule has 0 bridgehead atoms. The van der Waals surface area contributed by atoms with Crippen LogP contribution < -0.4 is 4.74 Å². The van der Waals surface area contributed by atoms with Crippen LogP contribution in [-0.2, 0) is 16.8 Å². The van der Waals surface area contributed by atoms with Crippen molar-refractivity contribution in [3.63, 3.8) is 0 Å². The molecule has 1 aliphatic heterocycles. The number of aliphatic carboxylic acids is 1. The molecule has 1 heterocycles. The van der Waals surface area contributed by atoms with Gasteiger partial charge in [0.1, 0.15) is 33.6 Å². The second kappa shape index (κ2) is 11.7. The van der Waals surface area contributed by atoms with Gasteiger partial charge in [0.15, 0.2) is 0 Å². The minimum atomic E-state index is -2.65. The Hall–Kier alpha value is -3.82. The third-order valence-corrected chi connectivity index (χ3v) is 6.87. The topological polar surface area (TPSA) is 73.6 Å². The molecule has 4 rings (SSSR count). The van der Waals surface area contributed by atoms with Crippen molar-refractivity contribution in [3.05, 3.63) is 88.5 Å². The van der Waals surface area contributed by atoms with Gasteiger partial charge in [-0.25, -0.2) is 0 Å². The Bertz CT molecular complexity index is 1380. The quantitative estimate of drug-likeness (QED) is 0.335. The van der Waals surface area contributed by atoms with Gasteiger partial charge in [0, 0.05) is 17.7 Å². The summed E-state index contributed by atoms with van der Waals surface area (Å²) >= 11 is 0. The Kier molecular flexibility index (Phi) is 8.38. The standard InChI is InChI=1S/C30H27B2FN2O3/c1-38-28-17-22(14-13-21-10-7-11-24(25(21)18-34)20-8-3-2-4-9-20)26(30(31,32)33)16-23(28)19-35-15-6-5-12-27(35)29(36)37/h2-4,7-11,13-14,16-17,27H,5-6,12,15,19H2,1H3,(H,36,37)/b14-13+/t27-/m0/s1. The lowest BCUT2D eigenvalue weighted by Crippen LogP contribution is -2.44.